The Balaban J connectivity index is 2.79. The van der Waals surface area contributed by atoms with E-state index in [1.165, 1.54) is 0 Å². The Bertz CT molecular complexity index is 333. The second-order valence-electron chi connectivity index (χ2n) is 4.63. The molecule has 0 atom stereocenters. The van der Waals surface area contributed by atoms with Gasteiger partial charge in [0, 0.05) is 24.8 Å². The second kappa shape index (κ2) is 4.77. The molecule has 5 heteroatoms. The fourth-order valence-corrected chi connectivity index (χ4v) is 1.17. The number of rotatable bonds is 3. The highest BCUT2D eigenvalue weighted by molar-refractivity contribution is 6.28. The Kier molecular flexibility index (Phi) is 3.88. The largest absolute Gasteiger partial charge is 0.369 e. The molecule has 15 heavy (non-hydrogen) atoms. The molecule has 0 unspecified atom stereocenters. The van der Waals surface area contributed by atoms with Crippen LogP contribution in [0.4, 0.5) is 5.82 Å². The van der Waals surface area contributed by atoms with Crippen molar-refractivity contribution in [2.24, 2.45) is 11.1 Å². The zero-order valence-electron chi connectivity index (χ0n) is 9.34. The lowest BCUT2D eigenvalue weighted by Crippen LogP contribution is -2.21. The number of nitrogens with one attached hydrogen (secondary N) is 1. The Morgan fingerprint density at radius 1 is 1.47 bits per heavy atom. The van der Waals surface area contributed by atoms with E-state index in [4.69, 9.17) is 17.3 Å². The third-order valence-electron chi connectivity index (χ3n) is 1.84. The van der Waals surface area contributed by atoms with Gasteiger partial charge in [-0.15, -0.1) is 0 Å². The fourth-order valence-electron chi connectivity index (χ4n) is 1.04. The normalized spacial score (nSPS) is 11.5. The Labute approximate surface area is 95.3 Å². The second-order valence-corrected chi connectivity index (χ2v) is 4.97. The summed E-state index contributed by atoms with van der Waals surface area (Å²) < 4.78 is 0. The van der Waals surface area contributed by atoms with Crippen molar-refractivity contribution in [1.82, 2.24) is 9.97 Å². The molecule has 0 spiro atoms. The molecule has 1 heterocycles. The number of nitrogens with zero attached hydrogens (tertiary/aromatic N) is 2. The van der Waals surface area contributed by atoms with Crippen molar-refractivity contribution in [3.8, 4) is 0 Å². The molecule has 0 aliphatic rings. The molecule has 0 radical (unpaired) electrons. The van der Waals surface area contributed by atoms with Gasteiger partial charge in [0.15, 0.2) is 0 Å². The zero-order valence-corrected chi connectivity index (χ0v) is 10.1. The summed E-state index contributed by atoms with van der Waals surface area (Å²) in [5.74, 6) is 0.729. The lowest BCUT2D eigenvalue weighted by Gasteiger charge is -2.20. The smallest absolute Gasteiger partial charge is 0.224 e. The van der Waals surface area contributed by atoms with Crippen LogP contribution in [0.25, 0.3) is 0 Å². The van der Waals surface area contributed by atoms with Gasteiger partial charge in [-0.1, -0.05) is 20.8 Å². The molecular weight excluding hydrogens is 212 g/mol. The summed E-state index contributed by atoms with van der Waals surface area (Å²) in [5, 5.41) is 3.47. The van der Waals surface area contributed by atoms with Crippen LogP contribution in [0.2, 0.25) is 5.28 Å². The highest BCUT2D eigenvalue weighted by Crippen LogP contribution is 2.17. The van der Waals surface area contributed by atoms with Gasteiger partial charge in [-0.25, -0.2) is 9.97 Å². The molecule has 1 aromatic rings. The predicted octanol–water partition coefficient (Wildman–Crippen LogP) is 2.05. The number of hydrogen-bond donors (Lipinski definition) is 2. The van der Waals surface area contributed by atoms with Crippen LogP contribution in [-0.2, 0) is 6.54 Å². The molecule has 0 fully saturated rings. The molecule has 1 aromatic heterocycles. The summed E-state index contributed by atoms with van der Waals surface area (Å²) in [6, 6.07) is 0. The molecule has 0 amide bonds. The van der Waals surface area contributed by atoms with Gasteiger partial charge < -0.3 is 11.1 Å². The van der Waals surface area contributed by atoms with Gasteiger partial charge >= 0.3 is 0 Å². The van der Waals surface area contributed by atoms with E-state index in [-0.39, 0.29) is 10.7 Å². The van der Waals surface area contributed by atoms with Crippen LogP contribution in [0.1, 0.15) is 26.3 Å². The minimum Gasteiger partial charge on any atom is -0.369 e. The average molecular weight is 229 g/mol. The van der Waals surface area contributed by atoms with Crippen LogP contribution < -0.4 is 11.1 Å². The van der Waals surface area contributed by atoms with Gasteiger partial charge in [0.25, 0.3) is 0 Å². The predicted molar refractivity (Wildman–Crippen MR) is 62.9 cm³/mol. The van der Waals surface area contributed by atoms with E-state index < -0.39 is 0 Å². The Morgan fingerprint density at radius 2 is 2.13 bits per heavy atom. The van der Waals surface area contributed by atoms with Crippen molar-refractivity contribution in [3.05, 3.63) is 17.0 Å². The van der Waals surface area contributed by atoms with E-state index in [0.29, 0.717) is 6.54 Å². The fraction of sp³-hybridized carbons (Fsp3) is 0.600. The monoisotopic (exact) mass is 228 g/mol. The van der Waals surface area contributed by atoms with Gasteiger partial charge in [-0.05, 0) is 17.0 Å². The van der Waals surface area contributed by atoms with E-state index in [2.05, 4.69) is 36.1 Å². The van der Waals surface area contributed by atoms with E-state index in [0.717, 1.165) is 17.9 Å². The number of hydrogen-bond acceptors (Lipinski definition) is 4. The zero-order chi connectivity index (χ0) is 11.5. The van der Waals surface area contributed by atoms with Crippen LogP contribution in [0, 0.1) is 5.41 Å². The topological polar surface area (TPSA) is 63.8 Å². The van der Waals surface area contributed by atoms with Crippen molar-refractivity contribution in [2.45, 2.75) is 27.3 Å². The van der Waals surface area contributed by atoms with Crippen LogP contribution in [0.3, 0.4) is 0 Å². The first kappa shape index (κ1) is 12.2. The van der Waals surface area contributed by atoms with E-state index in [9.17, 15) is 0 Å². The third-order valence-corrected chi connectivity index (χ3v) is 2.02. The molecule has 4 nitrogen and oxygen atoms in total. The van der Waals surface area contributed by atoms with Gasteiger partial charge in [0.05, 0.1) is 0 Å². The minimum atomic E-state index is 0.184. The Morgan fingerprint density at radius 3 is 2.67 bits per heavy atom. The number of halogens is 1. The van der Waals surface area contributed by atoms with Crippen molar-refractivity contribution in [1.29, 1.82) is 0 Å². The molecule has 0 saturated heterocycles. The molecule has 0 aromatic carbocycles. The van der Waals surface area contributed by atoms with Crippen LogP contribution >= 0.6 is 11.6 Å². The molecule has 0 aliphatic heterocycles. The van der Waals surface area contributed by atoms with Crippen LogP contribution in [-0.4, -0.2) is 16.5 Å². The molecule has 0 bridgehead atoms. The summed E-state index contributed by atoms with van der Waals surface area (Å²) in [6.07, 6.45) is 1.65. The van der Waals surface area contributed by atoms with Crippen LogP contribution in [0.15, 0.2) is 6.20 Å². The SMILES string of the molecule is CC(C)(C)CNc1nc(Cl)ncc1CN. The number of nitrogens with two attached hydrogens (primary N) is 1. The maximum atomic E-state index is 5.72. The van der Waals surface area contributed by atoms with Crippen molar-refractivity contribution in [3.63, 3.8) is 0 Å². The van der Waals surface area contributed by atoms with Gasteiger partial charge in [0.1, 0.15) is 5.82 Å². The maximum absolute atomic E-state index is 5.72. The first-order chi connectivity index (χ1) is 6.92. The van der Waals surface area contributed by atoms with Gasteiger partial charge in [-0.3, -0.25) is 0 Å². The molecule has 0 saturated carbocycles. The third kappa shape index (κ3) is 4.01. The highest BCUT2D eigenvalue weighted by Gasteiger charge is 2.12. The minimum absolute atomic E-state index is 0.184. The molecule has 84 valence electrons. The first-order valence-corrected chi connectivity index (χ1v) is 5.25. The summed E-state index contributed by atoms with van der Waals surface area (Å²) in [7, 11) is 0. The lowest BCUT2D eigenvalue weighted by molar-refractivity contribution is 0.442. The molecule has 0 aliphatic carbocycles. The summed E-state index contributed by atoms with van der Waals surface area (Å²) in [5.41, 5.74) is 6.64. The van der Waals surface area contributed by atoms with E-state index >= 15 is 0 Å². The molecule has 3 N–H and O–H groups in total. The number of aromatic nitrogens is 2. The molecular formula is C10H17ClN4. The Hall–Kier alpha value is -0.870. The molecule has 1 rings (SSSR count). The summed E-state index contributed by atoms with van der Waals surface area (Å²) >= 11 is 5.72. The van der Waals surface area contributed by atoms with Crippen LogP contribution in [0.5, 0.6) is 0 Å². The van der Waals surface area contributed by atoms with E-state index in [1.54, 1.807) is 6.20 Å². The standard InChI is InChI=1S/C10H17ClN4/c1-10(2,3)6-14-8-7(4-12)5-13-9(11)15-8/h5H,4,6,12H2,1-3H3,(H,13,14,15). The number of anilines is 1. The van der Waals surface area contributed by atoms with Crippen molar-refractivity contribution in [2.75, 3.05) is 11.9 Å². The lowest BCUT2D eigenvalue weighted by atomic mass is 9.97. The van der Waals surface area contributed by atoms with Gasteiger partial charge in [0.2, 0.25) is 5.28 Å². The van der Waals surface area contributed by atoms with Crippen molar-refractivity contribution < 1.29 is 0 Å². The summed E-state index contributed by atoms with van der Waals surface area (Å²) in [4.78, 5) is 8.00. The first-order valence-electron chi connectivity index (χ1n) is 4.88. The van der Waals surface area contributed by atoms with Crippen molar-refractivity contribution >= 4 is 17.4 Å². The summed E-state index contributed by atoms with van der Waals surface area (Å²) in [6.45, 7) is 7.65. The highest BCUT2D eigenvalue weighted by atomic mass is 35.5. The average Bonchev–Trinajstić information content (AvgIpc) is 2.14. The quantitative estimate of drug-likeness (QED) is 0.778. The van der Waals surface area contributed by atoms with Gasteiger partial charge in [-0.2, -0.15) is 0 Å². The maximum Gasteiger partial charge on any atom is 0.224 e. The van der Waals surface area contributed by atoms with E-state index in [1.807, 2.05) is 0 Å².